The lowest BCUT2D eigenvalue weighted by molar-refractivity contribution is -0.132. The summed E-state index contributed by atoms with van der Waals surface area (Å²) in [7, 11) is 0. The summed E-state index contributed by atoms with van der Waals surface area (Å²) < 4.78 is 0. The predicted octanol–water partition coefficient (Wildman–Crippen LogP) is 1.70. The number of nitrogens with one attached hydrogen (secondary N) is 2. The first kappa shape index (κ1) is 13.2. The third kappa shape index (κ3) is 3.08. The minimum absolute atomic E-state index is 0.0447. The Balaban J connectivity index is 2.60. The summed E-state index contributed by atoms with van der Waals surface area (Å²) in [6, 6.07) is 0.0447. The first-order chi connectivity index (χ1) is 7.48. The zero-order chi connectivity index (χ0) is 12.2. The monoisotopic (exact) mass is 224 g/mol. The molecule has 1 amide bonds. The summed E-state index contributed by atoms with van der Waals surface area (Å²) >= 11 is 0. The average molecular weight is 224 g/mol. The molecule has 16 heavy (non-hydrogen) atoms. The van der Waals surface area contributed by atoms with E-state index in [-0.39, 0.29) is 17.4 Å². The molecule has 3 heteroatoms. The fourth-order valence-corrected chi connectivity index (χ4v) is 2.10. The van der Waals surface area contributed by atoms with Gasteiger partial charge in [0.1, 0.15) is 0 Å². The van der Waals surface area contributed by atoms with Crippen molar-refractivity contribution in [3.05, 3.63) is 12.7 Å². The van der Waals surface area contributed by atoms with Crippen LogP contribution in [0.4, 0.5) is 0 Å². The van der Waals surface area contributed by atoms with E-state index in [2.05, 4.69) is 17.2 Å². The topological polar surface area (TPSA) is 41.1 Å². The van der Waals surface area contributed by atoms with Crippen molar-refractivity contribution in [2.75, 3.05) is 13.1 Å². The van der Waals surface area contributed by atoms with Gasteiger partial charge < -0.3 is 10.6 Å². The molecule has 0 saturated carbocycles. The second-order valence-electron chi connectivity index (χ2n) is 5.26. The molecule has 3 nitrogen and oxygen atoms in total. The van der Waals surface area contributed by atoms with Crippen LogP contribution < -0.4 is 10.6 Å². The number of carbonyl (C=O) groups excluding carboxylic acids is 1. The molecule has 1 heterocycles. The van der Waals surface area contributed by atoms with Crippen LogP contribution in [-0.2, 0) is 4.79 Å². The van der Waals surface area contributed by atoms with Gasteiger partial charge in [0.15, 0.2) is 0 Å². The largest absolute Gasteiger partial charge is 0.350 e. The summed E-state index contributed by atoms with van der Waals surface area (Å²) in [5.41, 5.74) is -0.301. The average Bonchev–Trinajstić information content (AvgIpc) is 2.29. The standard InChI is InChI=1S/C13H24N2O/c1-5-10(2)15-12(16)13(3,4)11-7-6-8-14-9-11/h5,10-11,14H,1,6-9H2,2-4H3,(H,15,16). The Morgan fingerprint density at radius 2 is 2.31 bits per heavy atom. The summed E-state index contributed by atoms with van der Waals surface area (Å²) in [5.74, 6) is 0.562. The molecule has 0 spiro atoms. The Labute approximate surface area is 98.7 Å². The number of hydrogen-bond acceptors (Lipinski definition) is 2. The third-order valence-corrected chi connectivity index (χ3v) is 3.62. The molecule has 1 fully saturated rings. The van der Waals surface area contributed by atoms with E-state index in [9.17, 15) is 4.79 Å². The number of hydrogen-bond donors (Lipinski definition) is 2. The lowest BCUT2D eigenvalue weighted by atomic mass is 9.74. The number of carbonyl (C=O) groups is 1. The molecule has 0 aromatic carbocycles. The Morgan fingerprint density at radius 3 is 2.81 bits per heavy atom. The SMILES string of the molecule is C=CC(C)NC(=O)C(C)(C)C1CCCNC1. The highest BCUT2D eigenvalue weighted by Gasteiger charge is 2.37. The molecule has 0 aliphatic carbocycles. The van der Waals surface area contributed by atoms with Crippen LogP contribution in [0.25, 0.3) is 0 Å². The highest BCUT2D eigenvalue weighted by molar-refractivity contribution is 5.82. The van der Waals surface area contributed by atoms with Gasteiger partial charge in [-0.3, -0.25) is 4.79 Å². The molecule has 2 N–H and O–H groups in total. The van der Waals surface area contributed by atoms with E-state index in [1.165, 1.54) is 6.42 Å². The van der Waals surface area contributed by atoms with Crippen molar-refractivity contribution in [3.63, 3.8) is 0 Å². The van der Waals surface area contributed by atoms with Crippen molar-refractivity contribution in [2.45, 2.75) is 39.7 Å². The van der Waals surface area contributed by atoms with Crippen molar-refractivity contribution in [2.24, 2.45) is 11.3 Å². The molecule has 92 valence electrons. The fourth-order valence-electron chi connectivity index (χ4n) is 2.10. The molecule has 2 unspecified atom stereocenters. The summed E-state index contributed by atoms with van der Waals surface area (Å²) in [4.78, 5) is 12.1. The van der Waals surface area contributed by atoms with Crippen LogP contribution in [0.5, 0.6) is 0 Å². The van der Waals surface area contributed by atoms with Gasteiger partial charge in [-0.25, -0.2) is 0 Å². The minimum atomic E-state index is -0.301. The predicted molar refractivity (Wildman–Crippen MR) is 67.2 cm³/mol. The van der Waals surface area contributed by atoms with E-state index in [1.54, 1.807) is 6.08 Å². The van der Waals surface area contributed by atoms with Gasteiger partial charge in [-0.05, 0) is 38.8 Å². The maximum atomic E-state index is 12.1. The Morgan fingerprint density at radius 1 is 1.62 bits per heavy atom. The van der Waals surface area contributed by atoms with E-state index in [0.717, 1.165) is 19.5 Å². The van der Waals surface area contributed by atoms with E-state index in [1.807, 2.05) is 20.8 Å². The van der Waals surface area contributed by atoms with Gasteiger partial charge in [-0.1, -0.05) is 19.9 Å². The zero-order valence-electron chi connectivity index (χ0n) is 10.7. The molecule has 0 radical (unpaired) electrons. The maximum Gasteiger partial charge on any atom is 0.226 e. The normalized spacial score (nSPS) is 23.6. The van der Waals surface area contributed by atoms with Crippen LogP contribution in [0.1, 0.15) is 33.6 Å². The van der Waals surface area contributed by atoms with E-state index < -0.39 is 0 Å². The Hall–Kier alpha value is -0.830. The summed E-state index contributed by atoms with van der Waals surface area (Å²) in [6.45, 7) is 11.7. The van der Waals surface area contributed by atoms with Gasteiger partial charge in [0, 0.05) is 11.5 Å². The maximum absolute atomic E-state index is 12.1. The molecular formula is C13H24N2O. The molecular weight excluding hydrogens is 200 g/mol. The van der Waals surface area contributed by atoms with Crippen LogP contribution in [-0.4, -0.2) is 25.0 Å². The highest BCUT2D eigenvalue weighted by Crippen LogP contribution is 2.31. The number of piperidine rings is 1. The minimum Gasteiger partial charge on any atom is -0.350 e. The first-order valence-corrected chi connectivity index (χ1v) is 6.12. The molecule has 1 aliphatic heterocycles. The van der Waals surface area contributed by atoms with Crippen LogP contribution in [0.2, 0.25) is 0 Å². The van der Waals surface area contributed by atoms with Crippen LogP contribution in [0, 0.1) is 11.3 Å². The molecule has 0 aromatic rings. The second kappa shape index (κ2) is 5.48. The van der Waals surface area contributed by atoms with Crippen molar-refractivity contribution < 1.29 is 4.79 Å². The molecule has 0 aromatic heterocycles. The van der Waals surface area contributed by atoms with Crippen molar-refractivity contribution in [1.29, 1.82) is 0 Å². The molecule has 0 bridgehead atoms. The molecule has 2 atom stereocenters. The van der Waals surface area contributed by atoms with Gasteiger partial charge in [-0.2, -0.15) is 0 Å². The van der Waals surface area contributed by atoms with Gasteiger partial charge in [0.25, 0.3) is 0 Å². The Kier molecular flexibility index (Phi) is 4.54. The zero-order valence-corrected chi connectivity index (χ0v) is 10.7. The lowest BCUT2D eigenvalue weighted by Crippen LogP contribution is -2.49. The highest BCUT2D eigenvalue weighted by atomic mass is 16.2. The van der Waals surface area contributed by atoms with Crippen LogP contribution in [0.3, 0.4) is 0 Å². The Bertz CT molecular complexity index is 255. The molecule has 1 aliphatic rings. The first-order valence-electron chi connectivity index (χ1n) is 6.12. The summed E-state index contributed by atoms with van der Waals surface area (Å²) in [6.07, 6.45) is 4.06. The van der Waals surface area contributed by atoms with Crippen molar-refractivity contribution in [1.82, 2.24) is 10.6 Å². The van der Waals surface area contributed by atoms with Crippen molar-refractivity contribution >= 4 is 5.91 Å². The van der Waals surface area contributed by atoms with Gasteiger partial charge >= 0.3 is 0 Å². The number of rotatable bonds is 4. The van der Waals surface area contributed by atoms with Gasteiger partial charge in [0.05, 0.1) is 0 Å². The summed E-state index contributed by atoms with van der Waals surface area (Å²) in [5, 5.41) is 6.35. The van der Waals surface area contributed by atoms with Crippen molar-refractivity contribution in [3.8, 4) is 0 Å². The van der Waals surface area contributed by atoms with Crippen LogP contribution in [0.15, 0.2) is 12.7 Å². The quantitative estimate of drug-likeness (QED) is 0.714. The van der Waals surface area contributed by atoms with Gasteiger partial charge in [-0.15, -0.1) is 6.58 Å². The van der Waals surface area contributed by atoms with E-state index in [0.29, 0.717) is 5.92 Å². The number of amides is 1. The lowest BCUT2D eigenvalue weighted by Gasteiger charge is -2.36. The second-order valence-corrected chi connectivity index (χ2v) is 5.26. The van der Waals surface area contributed by atoms with Gasteiger partial charge in [0.2, 0.25) is 5.91 Å². The van der Waals surface area contributed by atoms with E-state index >= 15 is 0 Å². The van der Waals surface area contributed by atoms with E-state index in [4.69, 9.17) is 0 Å². The smallest absolute Gasteiger partial charge is 0.226 e. The fraction of sp³-hybridized carbons (Fsp3) is 0.769. The third-order valence-electron chi connectivity index (χ3n) is 3.62. The molecule has 1 rings (SSSR count). The molecule has 1 saturated heterocycles. The van der Waals surface area contributed by atoms with Crippen LogP contribution >= 0.6 is 0 Å².